The zero-order chi connectivity index (χ0) is 24.3. The van der Waals surface area contributed by atoms with Gasteiger partial charge in [0.1, 0.15) is 23.3 Å². The highest BCUT2D eigenvalue weighted by Gasteiger charge is 2.32. The topological polar surface area (TPSA) is 60.8 Å². The van der Waals surface area contributed by atoms with E-state index in [0.717, 1.165) is 61.8 Å². The third-order valence-electron chi connectivity index (χ3n) is 7.03. The van der Waals surface area contributed by atoms with Crippen LogP contribution in [0, 0.1) is 0 Å². The summed E-state index contributed by atoms with van der Waals surface area (Å²) in [6.07, 6.45) is 1.86. The lowest BCUT2D eigenvalue weighted by atomic mass is 10.1. The van der Waals surface area contributed by atoms with E-state index in [1.807, 2.05) is 47.1 Å². The number of fused-ring (bicyclic) bond motifs is 6. The Morgan fingerprint density at radius 2 is 1.57 bits per heavy atom. The molecule has 37 heavy (non-hydrogen) atoms. The summed E-state index contributed by atoms with van der Waals surface area (Å²) in [6, 6.07) is 36.9. The summed E-state index contributed by atoms with van der Waals surface area (Å²) < 4.78 is 10.5. The van der Waals surface area contributed by atoms with Gasteiger partial charge in [0, 0.05) is 28.4 Å². The van der Waals surface area contributed by atoms with Crippen LogP contribution < -0.4 is 5.32 Å². The maximum absolute atomic E-state index is 6.33. The Hall–Kier alpha value is -5.10. The van der Waals surface area contributed by atoms with Gasteiger partial charge in [0.2, 0.25) is 0 Å². The summed E-state index contributed by atoms with van der Waals surface area (Å²) in [5.74, 6) is 1.67. The van der Waals surface area contributed by atoms with Crippen molar-refractivity contribution < 1.29 is 4.42 Å². The number of anilines is 1. The zero-order valence-corrected chi connectivity index (χ0v) is 19.7. The molecular weight excluding hydrogens is 458 g/mol. The van der Waals surface area contributed by atoms with Crippen LogP contribution in [-0.4, -0.2) is 19.3 Å². The molecule has 1 aliphatic heterocycles. The van der Waals surface area contributed by atoms with Gasteiger partial charge in [-0.05, 0) is 48.5 Å². The molecule has 4 heterocycles. The number of hydrogen-bond acceptors (Lipinski definition) is 4. The van der Waals surface area contributed by atoms with Crippen LogP contribution in [0.4, 0.5) is 5.69 Å². The second kappa shape index (κ2) is 7.70. The van der Waals surface area contributed by atoms with Gasteiger partial charge in [-0.2, -0.15) is 5.10 Å². The average molecular weight is 480 g/mol. The first-order valence-electron chi connectivity index (χ1n) is 12.3. The fraction of sp³-hybridized carbons (Fsp3) is 0.0323. The van der Waals surface area contributed by atoms with E-state index >= 15 is 0 Å². The third-order valence-corrected chi connectivity index (χ3v) is 7.03. The lowest BCUT2D eigenvalue weighted by Gasteiger charge is -2.29. The molecule has 7 aromatic rings. The second-order valence-electron chi connectivity index (χ2n) is 9.25. The monoisotopic (exact) mass is 479 g/mol. The highest BCUT2D eigenvalue weighted by Crippen LogP contribution is 2.43. The van der Waals surface area contributed by atoms with E-state index in [1.54, 1.807) is 0 Å². The minimum atomic E-state index is -0.238. The second-order valence-corrected chi connectivity index (χ2v) is 9.25. The average Bonchev–Trinajstić information content (AvgIpc) is 3.68. The minimum absolute atomic E-state index is 0.238. The fourth-order valence-electron chi connectivity index (χ4n) is 5.32. The van der Waals surface area contributed by atoms with Gasteiger partial charge in [0.15, 0.2) is 5.76 Å². The number of nitrogens with zero attached hydrogens (tertiary/aromatic N) is 4. The van der Waals surface area contributed by atoms with Gasteiger partial charge < -0.3 is 9.73 Å². The predicted octanol–water partition coefficient (Wildman–Crippen LogP) is 7.27. The van der Waals surface area contributed by atoms with Crippen LogP contribution in [0.15, 0.2) is 120 Å². The van der Waals surface area contributed by atoms with Crippen LogP contribution in [0.2, 0.25) is 0 Å². The van der Waals surface area contributed by atoms with Gasteiger partial charge in [-0.1, -0.05) is 60.7 Å². The first-order chi connectivity index (χ1) is 18.3. The number of hydrogen-bond donors (Lipinski definition) is 1. The number of rotatable bonds is 3. The summed E-state index contributed by atoms with van der Waals surface area (Å²) in [4.78, 5) is 5.04. The van der Waals surface area contributed by atoms with E-state index < -0.39 is 0 Å². The Balaban J connectivity index is 1.40. The first kappa shape index (κ1) is 20.1. The molecule has 1 unspecified atom stereocenters. The highest BCUT2D eigenvalue weighted by atomic mass is 16.3. The van der Waals surface area contributed by atoms with Crippen LogP contribution in [0.1, 0.15) is 11.7 Å². The zero-order valence-electron chi connectivity index (χ0n) is 19.7. The Bertz CT molecular complexity index is 1900. The smallest absolute Gasteiger partial charge is 0.156 e. The predicted molar refractivity (Wildman–Crippen MR) is 146 cm³/mol. The Morgan fingerprint density at radius 3 is 2.49 bits per heavy atom. The molecule has 176 valence electrons. The summed E-state index contributed by atoms with van der Waals surface area (Å²) in [5.41, 5.74) is 7.76. The molecule has 3 aromatic heterocycles. The normalized spacial score (nSPS) is 14.4. The van der Waals surface area contributed by atoms with Crippen LogP contribution in [0.3, 0.4) is 0 Å². The van der Waals surface area contributed by atoms with Gasteiger partial charge in [-0.15, -0.1) is 0 Å². The van der Waals surface area contributed by atoms with Crippen molar-refractivity contribution in [2.45, 2.75) is 6.17 Å². The van der Waals surface area contributed by atoms with Crippen molar-refractivity contribution in [2.75, 3.05) is 5.32 Å². The lowest BCUT2D eigenvalue weighted by molar-refractivity contribution is 0.620. The van der Waals surface area contributed by atoms with Crippen LogP contribution in [-0.2, 0) is 0 Å². The van der Waals surface area contributed by atoms with E-state index in [4.69, 9.17) is 14.5 Å². The van der Waals surface area contributed by atoms with Gasteiger partial charge >= 0.3 is 0 Å². The standard InChI is InChI=1S/C31H21N5O/c1-2-11-21(12-3-1)35-19-23(29(34-35)28-18-20-10-4-9-17-27(20)37-28)31-32-24-14-6-5-13-22(24)30-33-25-15-7-8-16-26(25)36(30)31/h1-19,31-32H. The molecule has 1 atom stereocenters. The maximum atomic E-state index is 6.33. The summed E-state index contributed by atoms with van der Waals surface area (Å²) >= 11 is 0. The quantitative estimate of drug-likeness (QED) is 0.289. The molecule has 1 N–H and O–H groups in total. The van der Waals surface area contributed by atoms with Crippen molar-refractivity contribution in [3.05, 3.63) is 121 Å². The molecular formula is C31H21N5O. The molecule has 4 aromatic carbocycles. The van der Waals surface area contributed by atoms with Crippen LogP contribution in [0.25, 0.3) is 50.5 Å². The molecule has 0 amide bonds. The number of para-hydroxylation sites is 5. The molecule has 0 saturated heterocycles. The van der Waals surface area contributed by atoms with Gasteiger partial charge in [0.25, 0.3) is 0 Å². The van der Waals surface area contributed by atoms with Crippen LogP contribution >= 0.6 is 0 Å². The molecule has 0 radical (unpaired) electrons. The van der Waals surface area contributed by atoms with Crippen molar-refractivity contribution in [3.8, 4) is 28.5 Å². The van der Waals surface area contributed by atoms with Crippen molar-refractivity contribution in [1.82, 2.24) is 19.3 Å². The number of nitrogens with one attached hydrogen (secondary N) is 1. The number of furan rings is 1. The molecule has 6 heteroatoms. The van der Waals surface area contributed by atoms with Gasteiger partial charge in [-0.3, -0.25) is 4.57 Å². The molecule has 8 rings (SSSR count). The van der Waals surface area contributed by atoms with Crippen molar-refractivity contribution in [3.63, 3.8) is 0 Å². The Kier molecular flexibility index (Phi) is 4.19. The molecule has 0 saturated carbocycles. The Morgan fingerprint density at radius 1 is 0.784 bits per heavy atom. The molecule has 0 bridgehead atoms. The SMILES string of the molecule is c1ccc(-n2cc(C3Nc4ccccc4-c4nc5ccccc5n43)c(-c3cc4ccccc4o3)n2)cc1. The summed E-state index contributed by atoms with van der Waals surface area (Å²) in [7, 11) is 0. The summed E-state index contributed by atoms with van der Waals surface area (Å²) in [6.45, 7) is 0. The van der Waals surface area contributed by atoms with E-state index in [0.29, 0.717) is 0 Å². The third kappa shape index (κ3) is 3.06. The number of aromatic nitrogens is 4. The molecule has 1 aliphatic rings. The number of imidazole rings is 1. The maximum Gasteiger partial charge on any atom is 0.156 e. The fourth-order valence-corrected chi connectivity index (χ4v) is 5.32. The van der Waals surface area contributed by atoms with Gasteiger partial charge in [0.05, 0.1) is 16.7 Å². The lowest BCUT2D eigenvalue weighted by Crippen LogP contribution is -2.25. The van der Waals surface area contributed by atoms with Crippen molar-refractivity contribution >= 4 is 27.7 Å². The van der Waals surface area contributed by atoms with Gasteiger partial charge in [-0.25, -0.2) is 9.67 Å². The van der Waals surface area contributed by atoms with E-state index in [9.17, 15) is 0 Å². The van der Waals surface area contributed by atoms with Crippen LogP contribution in [0.5, 0.6) is 0 Å². The molecule has 0 aliphatic carbocycles. The van der Waals surface area contributed by atoms with E-state index in [1.165, 1.54) is 0 Å². The molecule has 0 spiro atoms. The number of benzene rings is 4. The van der Waals surface area contributed by atoms with Crippen molar-refractivity contribution in [1.29, 1.82) is 0 Å². The van der Waals surface area contributed by atoms with Crippen molar-refractivity contribution in [2.24, 2.45) is 0 Å². The first-order valence-corrected chi connectivity index (χ1v) is 12.3. The van der Waals surface area contributed by atoms with E-state index in [-0.39, 0.29) is 6.17 Å². The minimum Gasteiger partial charge on any atom is -0.454 e. The summed E-state index contributed by atoms with van der Waals surface area (Å²) in [5, 5.41) is 9.90. The Labute approximate surface area is 212 Å². The highest BCUT2D eigenvalue weighted by molar-refractivity contribution is 5.88. The largest absolute Gasteiger partial charge is 0.454 e. The van der Waals surface area contributed by atoms with E-state index in [2.05, 4.69) is 82.8 Å². The molecule has 6 nitrogen and oxygen atoms in total. The molecule has 0 fully saturated rings.